The van der Waals surface area contributed by atoms with Gasteiger partial charge in [-0.25, -0.2) is 8.42 Å². The molecule has 1 amide bonds. The number of sulfonamides is 1. The van der Waals surface area contributed by atoms with Crippen molar-refractivity contribution in [2.45, 2.75) is 36.7 Å². The number of amides is 1. The van der Waals surface area contributed by atoms with Crippen LogP contribution in [0.15, 0.2) is 53.4 Å². The first-order valence-corrected chi connectivity index (χ1v) is 11.0. The summed E-state index contributed by atoms with van der Waals surface area (Å²) in [5, 5.41) is 2.71. The van der Waals surface area contributed by atoms with Crippen molar-refractivity contribution in [3.8, 4) is 11.5 Å². The Kier molecular flexibility index (Phi) is 6.76. The van der Waals surface area contributed by atoms with Gasteiger partial charge in [0.25, 0.3) is 0 Å². The molecule has 0 aromatic heterocycles. The molecule has 0 saturated heterocycles. The Bertz CT molecular complexity index is 921. The monoisotopic (exact) mass is 418 g/mol. The van der Waals surface area contributed by atoms with Crippen LogP contribution in [0.1, 0.15) is 25.7 Å². The number of carbonyl (C=O) groups is 1. The molecule has 156 valence electrons. The summed E-state index contributed by atoms with van der Waals surface area (Å²) in [5.41, 5.74) is 0.587. The minimum Gasteiger partial charge on any atom is -0.497 e. The Morgan fingerprint density at radius 2 is 1.62 bits per heavy atom. The maximum absolute atomic E-state index is 12.6. The zero-order valence-electron chi connectivity index (χ0n) is 16.6. The number of nitrogens with zero attached hydrogens (tertiary/aromatic N) is 1. The van der Waals surface area contributed by atoms with Gasteiger partial charge in [-0.05, 0) is 74.2 Å². The minimum atomic E-state index is -3.77. The molecule has 0 radical (unpaired) electrons. The lowest BCUT2D eigenvalue weighted by molar-refractivity contribution is -0.116. The van der Waals surface area contributed by atoms with Crippen LogP contribution in [0.3, 0.4) is 0 Å². The number of rotatable bonds is 8. The third-order valence-corrected chi connectivity index (χ3v) is 6.69. The van der Waals surface area contributed by atoms with E-state index in [1.54, 1.807) is 24.3 Å². The summed E-state index contributed by atoms with van der Waals surface area (Å²) in [6.45, 7) is -0.297. The second kappa shape index (κ2) is 9.28. The topological polar surface area (TPSA) is 84.9 Å². The van der Waals surface area contributed by atoms with Crippen molar-refractivity contribution in [1.29, 1.82) is 0 Å². The van der Waals surface area contributed by atoms with Gasteiger partial charge in [-0.1, -0.05) is 0 Å². The van der Waals surface area contributed by atoms with Gasteiger partial charge in [0.2, 0.25) is 15.9 Å². The minimum absolute atomic E-state index is 0.0991. The molecule has 1 fully saturated rings. The lowest BCUT2D eigenvalue weighted by Gasteiger charge is -2.17. The molecule has 0 aliphatic heterocycles. The lowest BCUT2D eigenvalue weighted by atomic mass is 10.2. The van der Waals surface area contributed by atoms with Crippen molar-refractivity contribution in [2.75, 3.05) is 26.0 Å². The van der Waals surface area contributed by atoms with Crippen molar-refractivity contribution in [3.05, 3.63) is 48.5 Å². The molecule has 29 heavy (non-hydrogen) atoms. The number of methoxy groups -OCH3 is 1. The summed E-state index contributed by atoms with van der Waals surface area (Å²) in [6, 6.07) is 13.2. The van der Waals surface area contributed by atoms with Crippen molar-refractivity contribution in [1.82, 2.24) is 4.31 Å². The SMILES string of the molecule is COc1ccc(S(=O)(=O)N(C)CC(=O)Nc2ccc(OC3CCCC3)cc2)cc1. The van der Waals surface area contributed by atoms with Crippen molar-refractivity contribution < 1.29 is 22.7 Å². The quantitative estimate of drug-likeness (QED) is 0.711. The highest BCUT2D eigenvalue weighted by Crippen LogP contribution is 2.25. The fourth-order valence-corrected chi connectivity index (χ4v) is 4.36. The largest absolute Gasteiger partial charge is 0.497 e. The number of hydrogen-bond acceptors (Lipinski definition) is 5. The predicted octanol–water partition coefficient (Wildman–Crippen LogP) is 3.28. The van der Waals surface area contributed by atoms with Crippen LogP contribution in [-0.4, -0.2) is 45.4 Å². The van der Waals surface area contributed by atoms with Crippen LogP contribution < -0.4 is 14.8 Å². The van der Waals surface area contributed by atoms with Crippen LogP contribution in [0.5, 0.6) is 11.5 Å². The molecule has 8 heteroatoms. The number of carbonyl (C=O) groups excluding carboxylic acids is 1. The first kappa shape index (κ1) is 21.1. The smallest absolute Gasteiger partial charge is 0.243 e. The van der Waals surface area contributed by atoms with E-state index in [0.29, 0.717) is 11.4 Å². The molecular weight excluding hydrogens is 392 g/mol. The Morgan fingerprint density at radius 3 is 2.21 bits per heavy atom. The van der Waals surface area contributed by atoms with Gasteiger partial charge in [0, 0.05) is 12.7 Å². The normalized spacial score (nSPS) is 14.7. The van der Waals surface area contributed by atoms with Crippen molar-refractivity contribution in [3.63, 3.8) is 0 Å². The third kappa shape index (κ3) is 5.48. The van der Waals surface area contributed by atoms with Crippen LogP contribution in [-0.2, 0) is 14.8 Å². The Balaban J connectivity index is 1.56. The van der Waals surface area contributed by atoms with E-state index < -0.39 is 15.9 Å². The standard InChI is InChI=1S/C21H26N2O5S/c1-23(29(25,26)20-13-11-17(27-2)12-14-20)15-21(24)22-16-7-9-19(10-8-16)28-18-5-3-4-6-18/h7-14,18H,3-6,15H2,1-2H3,(H,22,24). The molecule has 1 N–H and O–H groups in total. The van der Waals surface area contributed by atoms with Crippen LogP contribution >= 0.6 is 0 Å². The molecule has 0 bridgehead atoms. The number of ether oxygens (including phenoxy) is 2. The van der Waals surface area contributed by atoms with Crippen molar-refractivity contribution >= 4 is 21.6 Å². The summed E-state index contributed by atoms with van der Waals surface area (Å²) in [6.07, 6.45) is 4.82. The first-order chi connectivity index (χ1) is 13.9. The van der Waals surface area contributed by atoms with E-state index >= 15 is 0 Å². The highest BCUT2D eigenvalue weighted by Gasteiger charge is 2.23. The number of likely N-dealkylation sites (N-methyl/N-ethyl adjacent to an activating group) is 1. The molecule has 0 heterocycles. The fourth-order valence-electron chi connectivity index (χ4n) is 3.23. The van der Waals surface area contributed by atoms with E-state index in [1.165, 1.54) is 39.1 Å². The van der Waals surface area contributed by atoms with Gasteiger partial charge in [0.05, 0.1) is 24.7 Å². The Morgan fingerprint density at radius 1 is 1.03 bits per heavy atom. The van der Waals surface area contributed by atoms with Gasteiger partial charge in [-0.15, -0.1) is 0 Å². The fraction of sp³-hybridized carbons (Fsp3) is 0.381. The number of hydrogen-bond donors (Lipinski definition) is 1. The number of benzene rings is 2. The Hall–Kier alpha value is -2.58. The molecule has 0 spiro atoms. The molecule has 1 aliphatic carbocycles. The molecule has 0 unspecified atom stereocenters. The second-order valence-corrected chi connectivity index (χ2v) is 9.08. The van der Waals surface area contributed by atoms with Gasteiger partial charge in [0.1, 0.15) is 11.5 Å². The van der Waals surface area contributed by atoms with E-state index in [2.05, 4.69) is 5.32 Å². The van der Waals surface area contributed by atoms with Crippen LogP contribution in [0.2, 0.25) is 0 Å². The molecule has 3 rings (SSSR count). The molecule has 7 nitrogen and oxygen atoms in total. The van der Waals surface area contributed by atoms with E-state index in [4.69, 9.17) is 9.47 Å². The number of nitrogens with one attached hydrogen (secondary N) is 1. The maximum atomic E-state index is 12.6. The molecule has 0 atom stereocenters. The van der Waals surface area contributed by atoms with E-state index in [-0.39, 0.29) is 17.5 Å². The first-order valence-electron chi connectivity index (χ1n) is 9.55. The molecule has 1 aliphatic rings. The highest BCUT2D eigenvalue weighted by atomic mass is 32.2. The highest BCUT2D eigenvalue weighted by molar-refractivity contribution is 7.89. The van der Waals surface area contributed by atoms with Gasteiger partial charge in [-0.2, -0.15) is 4.31 Å². The lowest BCUT2D eigenvalue weighted by Crippen LogP contribution is -2.34. The van der Waals surface area contributed by atoms with Crippen LogP contribution in [0.4, 0.5) is 5.69 Å². The summed E-state index contributed by atoms with van der Waals surface area (Å²) in [7, 11) is -0.895. The summed E-state index contributed by atoms with van der Waals surface area (Å²) in [5.74, 6) is 0.910. The average Bonchev–Trinajstić information content (AvgIpc) is 3.22. The predicted molar refractivity (Wildman–Crippen MR) is 111 cm³/mol. The summed E-state index contributed by atoms with van der Waals surface area (Å²) in [4.78, 5) is 12.4. The van der Waals surface area contributed by atoms with Crippen LogP contribution in [0, 0.1) is 0 Å². The third-order valence-electron chi connectivity index (χ3n) is 4.88. The van der Waals surface area contributed by atoms with Gasteiger partial charge in [0.15, 0.2) is 0 Å². The van der Waals surface area contributed by atoms with E-state index in [1.807, 2.05) is 12.1 Å². The second-order valence-electron chi connectivity index (χ2n) is 7.03. The molecule has 1 saturated carbocycles. The van der Waals surface area contributed by atoms with Gasteiger partial charge < -0.3 is 14.8 Å². The Labute approximate surface area is 171 Å². The van der Waals surface area contributed by atoms with Gasteiger partial charge in [-0.3, -0.25) is 4.79 Å². The zero-order valence-corrected chi connectivity index (χ0v) is 17.4. The van der Waals surface area contributed by atoms with Crippen molar-refractivity contribution in [2.24, 2.45) is 0 Å². The van der Waals surface area contributed by atoms with Gasteiger partial charge >= 0.3 is 0 Å². The van der Waals surface area contributed by atoms with Crippen LogP contribution in [0.25, 0.3) is 0 Å². The molecular formula is C21H26N2O5S. The molecule has 2 aromatic carbocycles. The summed E-state index contributed by atoms with van der Waals surface area (Å²) >= 11 is 0. The average molecular weight is 419 g/mol. The summed E-state index contributed by atoms with van der Waals surface area (Å²) < 4.78 is 37.2. The maximum Gasteiger partial charge on any atom is 0.243 e. The zero-order chi connectivity index (χ0) is 20.9. The number of anilines is 1. The van der Waals surface area contributed by atoms with E-state index in [0.717, 1.165) is 22.9 Å². The molecule has 2 aromatic rings. The van der Waals surface area contributed by atoms with E-state index in [9.17, 15) is 13.2 Å².